The minimum atomic E-state index is -0.816. The molecule has 0 aliphatic heterocycles. The van der Waals surface area contributed by atoms with E-state index >= 15 is 0 Å². The number of ether oxygens (including phenoxy) is 2. The zero-order valence-electron chi connectivity index (χ0n) is 8.34. The van der Waals surface area contributed by atoms with Crippen LogP contribution in [0.1, 0.15) is 46.0 Å². The molecule has 1 aliphatic rings. The van der Waals surface area contributed by atoms with Crippen molar-refractivity contribution in [2.45, 2.75) is 57.8 Å². The van der Waals surface area contributed by atoms with Crippen LogP contribution < -0.4 is 0 Å². The lowest BCUT2D eigenvalue weighted by Gasteiger charge is -2.30. The van der Waals surface area contributed by atoms with Crippen LogP contribution >= 0.6 is 0 Å². The van der Waals surface area contributed by atoms with Crippen LogP contribution in [-0.2, 0) is 14.3 Å². The molecule has 3 heteroatoms. The van der Waals surface area contributed by atoms with Crippen molar-refractivity contribution in [2.75, 3.05) is 0 Å². The number of hydrogen-bond acceptors (Lipinski definition) is 3. The highest BCUT2D eigenvalue weighted by Gasteiger charge is 2.26. The molecule has 0 aromatic carbocycles. The highest BCUT2D eigenvalue weighted by atomic mass is 16.7. The van der Waals surface area contributed by atoms with E-state index in [-0.39, 0.29) is 6.10 Å². The highest BCUT2D eigenvalue weighted by molar-refractivity contribution is 5.38. The van der Waals surface area contributed by atoms with E-state index in [2.05, 4.69) is 0 Å². The molecule has 3 nitrogen and oxygen atoms in total. The first-order valence-corrected chi connectivity index (χ1v) is 4.87. The summed E-state index contributed by atoms with van der Waals surface area (Å²) in [7, 11) is 0. The topological polar surface area (TPSA) is 35.5 Å². The van der Waals surface area contributed by atoms with Crippen LogP contribution in [0, 0.1) is 0 Å². The lowest BCUT2D eigenvalue weighted by atomic mass is 9.97. The van der Waals surface area contributed by atoms with Crippen molar-refractivity contribution in [3.8, 4) is 0 Å². The average Bonchev–Trinajstić information content (AvgIpc) is 2.04. The van der Waals surface area contributed by atoms with Crippen molar-refractivity contribution in [2.24, 2.45) is 0 Å². The molecule has 0 saturated heterocycles. The van der Waals surface area contributed by atoms with Gasteiger partial charge < -0.3 is 9.47 Å². The summed E-state index contributed by atoms with van der Waals surface area (Å²) in [6.07, 6.45) is 6.12. The Kier molecular flexibility index (Phi) is 3.72. The summed E-state index contributed by atoms with van der Waals surface area (Å²) in [6.45, 7) is 4.91. The third-order valence-electron chi connectivity index (χ3n) is 2.29. The Hall–Kier alpha value is -0.570. The number of carbonyl (C=O) groups excluding carboxylic acids is 1. The van der Waals surface area contributed by atoms with E-state index < -0.39 is 5.79 Å². The van der Waals surface area contributed by atoms with Gasteiger partial charge in [0.1, 0.15) is 0 Å². The van der Waals surface area contributed by atoms with Crippen molar-refractivity contribution in [1.82, 2.24) is 0 Å². The van der Waals surface area contributed by atoms with Gasteiger partial charge in [-0.2, -0.15) is 0 Å². The molecule has 0 unspecified atom stereocenters. The zero-order valence-corrected chi connectivity index (χ0v) is 8.34. The Balaban J connectivity index is 2.32. The van der Waals surface area contributed by atoms with Gasteiger partial charge in [0.05, 0.1) is 6.10 Å². The van der Waals surface area contributed by atoms with Gasteiger partial charge in [-0.3, -0.25) is 0 Å². The Morgan fingerprint density at radius 3 is 2.38 bits per heavy atom. The summed E-state index contributed by atoms with van der Waals surface area (Å²) < 4.78 is 10.3. The summed E-state index contributed by atoms with van der Waals surface area (Å²) in [5.41, 5.74) is 0. The Labute approximate surface area is 79.4 Å². The molecule has 75 valence electrons. The SMILES string of the molecule is CC(C)(O[C]=O)OC1CCCCC1. The lowest BCUT2D eigenvalue weighted by Crippen LogP contribution is -2.34. The maximum absolute atomic E-state index is 10.0. The molecule has 0 spiro atoms. The first-order valence-electron chi connectivity index (χ1n) is 4.87. The minimum Gasteiger partial charge on any atom is -0.425 e. The average molecular weight is 185 g/mol. The fourth-order valence-electron chi connectivity index (χ4n) is 1.71. The molecule has 0 bridgehead atoms. The zero-order chi connectivity index (χ0) is 9.73. The second-order valence-electron chi connectivity index (χ2n) is 3.96. The fourth-order valence-corrected chi connectivity index (χ4v) is 1.71. The normalized spacial score (nSPS) is 19.8. The van der Waals surface area contributed by atoms with Gasteiger partial charge in [-0.15, -0.1) is 0 Å². The predicted molar refractivity (Wildman–Crippen MR) is 48.8 cm³/mol. The van der Waals surface area contributed by atoms with E-state index in [1.165, 1.54) is 25.7 Å². The molecule has 13 heavy (non-hydrogen) atoms. The molecular weight excluding hydrogens is 168 g/mol. The number of hydrogen-bond donors (Lipinski definition) is 0. The monoisotopic (exact) mass is 185 g/mol. The van der Waals surface area contributed by atoms with Gasteiger partial charge in [-0.05, 0) is 12.8 Å². The van der Waals surface area contributed by atoms with Gasteiger partial charge >= 0.3 is 6.47 Å². The summed E-state index contributed by atoms with van der Waals surface area (Å²) in [5, 5.41) is 0. The van der Waals surface area contributed by atoms with Crippen LogP contribution in [0.2, 0.25) is 0 Å². The predicted octanol–water partition coefficient (Wildman–Crippen LogP) is 2.16. The van der Waals surface area contributed by atoms with Crippen LogP contribution in [0.4, 0.5) is 0 Å². The minimum absolute atomic E-state index is 0.247. The first-order chi connectivity index (χ1) is 6.14. The quantitative estimate of drug-likeness (QED) is 0.629. The van der Waals surface area contributed by atoms with Crippen LogP contribution in [0.3, 0.4) is 0 Å². The van der Waals surface area contributed by atoms with E-state index in [9.17, 15) is 4.79 Å². The maximum atomic E-state index is 10.0. The molecule has 0 aromatic heterocycles. The summed E-state index contributed by atoms with van der Waals surface area (Å²) in [5.74, 6) is -0.816. The molecule has 1 aliphatic carbocycles. The van der Waals surface area contributed by atoms with Crippen molar-refractivity contribution in [1.29, 1.82) is 0 Å². The number of rotatable bonds is 4. The van der Waals surface area contributed by atoms with E-state index in [0.717, 1.165) is 12.8 Å². The molecule has 1 radical (unpaired) electrons. The lowest BCUT2D eigenvalue weighted by molar-refractivity contribution is -0.201. The van der Waals surface area contributed by atoms with Gasteiger partial charge in [0, 0.05) is 13.8 Å². The van der Waals surface area contributed by atoms with Crippen LogP contribution in [0.5, 0.6) is 0 Å². The standard InChI is InChI=1S/C10H17O3/c1-10(2,12-8-11)13-9-6-4-3-5-7-9/h9H,3-7H2,1-2H3. The molecule has 0 heterocycles. The van der Waals surface area contributed by atoms with Gasteiger partial charge in [-0.1, -0.05) is 19.3 Å². The smallest absolute Gasteiger partial charge is 0.420 e. The third kappa shape index (κ3) is 3.77. The molecular formula is C10H17O3. The molecule has 1 fully saturated rings. The maximum Gasteiger partial charge on any atom is 0.420 e. The van der Waals surface area contributed by atoms with E-state index in [1.807, 2.05) is 0 Å². The Morgan fingerprint density at radius 2 is 1.85 bits per heavy atom. The van der Waals surface area contributed by atoms with Crippen molar-refractivity contribution in [3.63, 3.8) is 0 Å². The molecule has 0 atom stereocenters. The largest absolute Gasteiger partial charge is 0.425 e. The Morgan fingerprint density at radius 1 is 1.23 bits per heavy atom. The molecule has 0 aromatic rings. The second kappa shape index (κ2) is 4.61. The van der Waals surface area contributed by atoms with Crippen molar-refractivity contribution < 1.29 is 14.3 Å². The molecule has 1 rings (SSSR count). The van der Waals surface area contributed by atoms with Crippen LogP contribution in [-0.4, -0.2) is 18.4 Å². The van der Waals surface area contributed by atoms with E-state index in [1.54, 1.807) is 13.8 Å². The van der Waals surface area contributed by atoms with E-state index in [0.29, 0.717) is 0 Å². The van der Waals surface area contributed by atoms with Crippen molar-refractivity contribution in [3.05, 3.63) is 0 Å². The van der Waals surface area contributed by atoms with Crippen LogP contribution in [0.25, 0.3) is 0 Å². The van der Waals surface area contributed by atoms with Gasteiger partial charge in [0.15, 0.2) is 0 Å². The Bertz CT molecular complexity index is 160. The first kappa shape index (κ1) is 10.5. The summed E-state index contributed by atoms with van der Waals surface area (Å²) in [4.78, 5) is 10.0. The fraction of sp³-hybridized carbons (Fsp3) is 0.900. The third-order valence-corrected chi connectivity index (χ3v) is 2.29. The molecule has 0 amide bonds. The summed E-state index contributed by atoms with van der Waals surface area (Å²) in [6, 6.07) is 0. The van der Waals surface area contributed by atoms with Crippen molar-refractivity contribution >= 4 is 6.47 Å². The van der Waals surface area contributed by atoms with Gasteiger partial charge in [0.2, 0.25) is 5.79 Å². The second-order valence-corrected chi connectivity index (χ2v) is 3.96. The molecule has 0 N–H and O–H groups in total. The molecule has 1 saturated carbocycles. The highest BCUT2D eigenvalue weighted by Crippen LogP contribution is 2.25. The van der Waals surface area contributed by atoms with Gasteiger partial charge in [-0.25, -0.2) is 4.79 Å². The van der Waals surface area contributed by atoms with Crippen LogP contribution in [0.15, 0.2) is 0 Å². The summed E-state index contributed by atoms with van der Waals surface area (Å²) >= 11 is 0. The van der Waals surface area contributed by atoms with E-state index in [4.69, 9.17) is 9.47 Å². The van der Waals surface area contributed by atoms with Gasteiger partial charge in [0.25, 0.3) is 0 Å².